The van der Waals surface area contributed by atoms with E-state index in [1.54, 1.807) is 0 Å². The second-order valence-electron chi connectivity index (χ2n) is 12.5. The van der Waals surface area contributed by atoms with Crippen molar-refractivity contribution >= 4 is 5.91 Å². The summed E-state index contributed by atoms with van der Waals surface area (Å²) in [5.74, 6) is 1.69. The van der Waals surface area contributed by atoms with Gasteiger partial charge in [-0.25, -0.2) is 0 Å². The van der Waals surface area contributed by atoms with Crippen LogP contribution in [0.2, 0.25) is 0 Å². The molecule has 5 heteroatoms. The summed E-state index contributed by atoms with van der Waals surface area (Å²) >= 11 is 0. The van der Waals surface area contributed by atoms with Crippen molar-refractivity contribution in [2.75, 3.05) is 39.3 Å². The Balaban J connectivity index is 0.945. The number of likely N-dealkylation sites (tertiary alicyclic amines) is 2. The fraction of sp³-hybridized carbons (Fsp3) is 0.359. The normalized spacial score (nSPS) is 18.2. The predicted octanol–water partition coefficient (Wildman–Crippen LogP) is 7.00. The largest absolute Gasteiger partial charge is 0.490 e. The molecule has 4 aromatic rings. The van der Waals surface area contributed by atoms with Crippen molar-refractivity contribution in [1.29, 1.82) is 0 Å². The molecule has 1 atom stereocenters. The lowest BCUT2D eigenvalue weighted by Gasteiger charge is -2.34. The Labute approximate surface area is 262 Å². The molecule has 228 valence electrons. The van der Waals surface area contributed by atoms with E-state index < -0.39 is 0 Å². The molecule has 0 aliphatic carbocycles. The average Bonchev–Trinajstić information content (AvgIpc) is 3.08. The maximum Gasteiger partial charge on any atom is 0.251 e. The smallest absolute Gasteiger partial charge is 0.251 e. The molecule has 44 heavy (non-hydrogen) atoms. The van der Waals surface area contributed by atoms with Gasteiger partial charge >= 0.3 is 0 Å². The van der Waals surface area contributed by atoms with Crippen LogP contribution in [0.3, 0.4) is 0 Å². The molecule has 0 bridgehead atoms. The summed E-state index contributed by atoms with van der Waals surface area (Å²) in [5, 5.41) is 3.19. The van der Waals surface area contributed by atoms with Crippen LogP contribution in [0, 0.1) is 5.92 Å². The fourth-order valence-corrected chi connectivity index (χ4v) is 6.76. The van der Waals surface area contributed by atoms with Crippen molar-refractivity contribution in [1.82, 2.24) is 15.1 Å². The minimum atomic E-state index is -0.00331. The number of hydrogen-bond donors (Lipinski definition) is 1. The van der Waals surface area contributed by atoms with E-state index in [2.05, 4.69) is 106 Å². The molecule has 2 aliphatic heterocycles. The Kier molecular flexibility index (Phi) is 10.4. The summed E-state index contributed by atoms with van der Waals surface area (Å²) < 4.78 is 6.36. The van der Waals surface area contributed by atoms with E-state index in [9.17, 15) is 4.79 Å². The summed E-state index contributed by atoms with van der Waals surface area (Å²) in [6.07, 6.45) is 4.54. The number of carbonyl (C=O) groups is 1. The molecule has 2 aliphatic rings. The first-order chi connectivity index (χ1) is 21.7. The number of nitrogens with zero attached hydrogens (tertiary/aromatic N) is 2. The predicted molar refractivity (Wildman–Crippen MR) is 178 cm³/mol. The molecule has 1 unspecified atom stereocenters. The summed E-state index contributed by atoms with van der Waals surface area (Å²) in [5.41, 5.74) is 4.77. The van der Waals surface area contributed by atoms with Crippen LogP contribution in [0.15, 0.2) is 115 Å². The highest BCUT2D eigenvalue weighted by atomic mass is 16.5. The second-order valence-corrected chi connectivity index (χ2v) is 12.5. The molecule has 0 spiro atoms. The minimum Gasteiger partial charge on any atom is -0.490 e. The molecule has 6 rings (SSSR count). The van der Waals surface area contributed by atoms with E-state index in [1.165, 1.54) is 23.1 Å². The Morgan fingerprint density at radius 3 is 1.98 bits per heavy atom. The third-order valence-corrected chi connectivity index (χ3v) is 9.20. The molecule has 5 nitrogen and oxygen atoms in total. The minimum absolute atomic E-state index is 0.00331. The molecule has 2 saturated heterocycles. The number of piperidine rings is 2. The first-order valence-corrected chi connectivity index (χ1v) is 16.3. The molecule has 0 radical (unpaired) electrons. The van der Waals surface area contributed by atoms with E-state index in [-0.39, 0.29) is 12.0 Å². The quantitative estimate of drug-likeness (QED) is 0.205. The molecule has 2 heterocycles. The van der Waals surface area contributed by atoms with Gasteiger partial charge < -0.3 is 15.0 Å². The third kappa shape index (κ3) is 8.37. The van der Waals surface area contributed by atoms with E-state index in [1.807, 2.05) is 24.3 Å². The molecular formula is C39H45N3O2. The average molecular weight is 588 g/mol. The highest BCUT2D eigenvalue weighted by molar-refractivity contribution is 5.94. The van der Waals surface area contributed by atoms with E-state index in [4.69, 9.17) is 4.74 Å². The van der Waals surface area contributed by atoms with Crippen LogP contribution in [0.4, 0.5) is 0 Å². The Hall–Kier alpha value is -3.93. The zero-order valence-electron chi connectivity index (χ0n) is 25.7. The van der Waals surface area contributed by atoms with Crippen LogP contribution in [-0.2, 0) is 6.54 Å². The zero-order valence-corrected chi connectivity index (χ0v) is 25.7. The first-order valence-electron chi connectivity index (χ1n) is 16.3. The number of carbonyl (C=O) groups excluding carboxylic acids is 1. The zero-order chi connectivity index (χ0) is 30.0. The van der Waals surface area contributed by atoms with E-state index >= 15 is 0 Å². The standard InChI is InChI=1S/C39H45N3O2/c43-39(40-27-32-13-10-24-42(29-32)28-31-11-4-1-5-12-31)35-18-20-36(21-19-35)44-37-22-25-41(26-23-37)30-38(33-14-6-2-7-15-33)34-16-8-3-9-17-34/h1-9,11-12,14-21,32,37-38H,10,13,22-30H2,(H,40,43). The third-order valence-electron chi connectivity index (χ3n) is 9.20. The van der Waals surface area contributed by atoms with Crippen molar-refractivity contribution in [3.05, 3.63) is 138 Å². The lowest BCUT2D eigenvalue weighted by Crippen LogP contribution is -2.40. The number of hydrogen-bond acceptors (Lipinski definition) is 4. The van der Waals surface area contributed by atoms with Crippen LogP contribution < -0.4 is 10.1 Å². The summed E-state index contributed by atoms with van der Waals surface area (Å²) in [6, 6.07) is 40.0. The van der Waals surface area contributed by atoms with Crippen molar-refractivity contribution in [3.63, 3.8) is 0 Å². The number of ether oxygens (including phenoxy) is 1. The van der Waals surface area contributed by atoms with Crippen molar-refractivity contribution < 1.29 is 9.53 Å². The van der Waals surface area contributed by atoms with Crippen LogP contribution in [0.5, 0.6) is 5.75 Å². The molecule has 1 N–H and O–H groups in total. The van der Waals surface area contributed by atoms with E-state index in [0.29, 0.717) is 17.4 Å². The second kappa shape index (κ2) is 15.2. The van der Waals surface area contributed by atoms with Crippen LogP contribution in [-0.4, -0.2) is 61.1 Å². The fourth-order valence-electron chi connectivity index (χ4n) is 6.76. The molecule has 2 fully saturated rings. The highest BCUT2D eigenvalue weighted by Gasteiger charge is 2.25. The van der Waals surface area contributed by atoms with Gasteiger partial charge in [0.25, 0.3) is 5.91 Å². The van der Waals surface area contributed by atoms with Gasteiger partial charge in [0.15, 0.2) is 0 Å². The van der Waals surface area contributed by atoms with Gasteiger partial charge in [0, 0.05) is 50.7 Å². The number of amides is 1. The first kappa shape index (κ1) is 30.1. The monoisotopic (exact) mass is 587 g/mol. The number of nitrogens with one attached hydrogen (secondary N) is 1. The van der Waals surface area contributed by atoms with Crippen molar-refractivity contribution in [3.8, 4) is 5.75 Å². The maximum absolute atomic E-state index is 12.9. The molecule has 0 saturated carbocycles. The van der Waals surface area contributed by atoms with Gasteiger partial charge in [-0.05, 0) is 79.1 Å². The molecular weight excluding hydrogens is 542 g/mol. The highest BCUT2D eigenvalue weighted by Crippen LogP contribution is 2.28. The number of rotatable bonds is 11. The van der Waals surface area contributed by atoms with Gasteiger partial charge in [0.05, 0.1) is 0 Å². The number of benzene rings is 4. The van der Waals surface area contributed by atoms with Gasteiger partial charge in [0.1, 0.15) is 11.9 Å². The summed E-state index contributed by atoms with van der Waals surface area (Å²) in [6.45, 7) is 6.90. The Morgan fingerprint density at radius 1 is 0.727 bits per heavy atom. The molecule has 0 aromatic heterocycles. The topological polar surface area (TPSA) is 44.8 Å². The van der Waals surface area contributed by atoms with Gasteiger partial charge in [0.2, 0.25) is 0 Å². The van der Waals surface area contributed by atoms with Crippen molar-refractivity contribution in [2.45, 2.75) is 44.2 Å². The van der Waals surface area contributed by atoms with Crippen LogP contribution >= 0.6 is 0 Å². The summed E-state index contributed by atoms with van der Waals surface area (Å²) in [4.78, 5) is 18.0. The summed E-state index contributed by atoms with van der Waals surface area (Å²) in [7, 11) is 0. The lowest BCUT2D eigenvalue weighted by atomic mass is 9.90. The lowest BCUT2D eigenvalue weighted by molar-refractivity contribution is 0.0929. The Bertz CT molecular complexity index is 1380. The Morgan fingerprint density at radius 2 is 1.34 bits per heavy atom. The SMILES string of the molecule is O=C(NCC1CCCN(Cc2ccccc2)C1)c1ccc(OC2CCN(CC(c3ccccc3)c3ccccc3)CC2)cc1. The van der Waals surface area contributed by atoms with Crippen LogP contribution in [0.25, 0.3) is 0 Å². The van der Waals surface area contributed by atoms with Crippen LogP contribution in [0.1, 0.15) is 58.6 Å². The van der Waals surface area contributed by atoms with Gasteiger partial charge in [-0.2, -0.15) is 0 Å². The van der Waals surface area contributed by atoms with E-state index in [0.717, 1.165) is 70.8 Å². The maximum atomic E-state index is 12.9. The van der Waals surface area contributed by atoms with Gasteiger partial charge in [-0.1, -0.05) is 91.0 Å². The van der Waals surface area contributed by atoms with Crippen molar-refractivity contribution in [2.24, 2.45) is 5.92 Å². The van der Waals surface area contributed by atoms with Gasteiger partial charge in [-0.3, -0.25) is 9.69 Å². The molecule has 4 aromatic carbocycles. The molecule has 1 amide bonds. The van der Waals surface area contributed by atoms with Gasteiger partial charge in [-0.15, -0.1) is 0 Å².